The molecule has 1 saturated heterocycles. The standard InChI is InChI=1S/C33H32N2O8S/c1-6-13-41-24-12-9-20(17-25(24)40-8-3)27-26(28(36)21-10-11-23-22(16-21)15-18(4)43-23)29(37)31(38)35(27)33-34-19(5)30(44-33)32(39)42-14-7-2/h6-7,9-12,16-18,27,36H,1-2,8,13-15H2,3-5H3/t18-,27-/m1/s1. The first-order valence-electron chi connectivity index (χ1n) is 14.0. The van der Waals surface area contributed by atoms with Crippen LogP contribution in [0.15, 0.2) is 67.3 Å². The summed E-state index contributed by atoms with van der Waals surface area (Å²) in [4.78, 5) is 46.0. The van der Waals surface area contributed by atoms with E-state index in [1.807, 2.05) is 13.8 Å². The van der Waals surface area contributed by atoms with Gasteiger partial charge in [0.1, 0.15) is 35.7 Å². The van der Waals surface area contributed by atoms with Crippen molar-refractivity contribution in [3.05, 3.63) is 94.5 Å². The van der Waals surface area contributed by atoms with Gasteiger partial charge >= 0.3 is 11.9 Å². The number of hydrogen-bond acceptors (Lipinski definition) is 10. The topological polar surface area (TPSA) is 124 Å². The molecule has 0 saturated carbocycles. The van der Waals surface area contributed by atoms with Gasteiger partial charge in [0.15, 0.2) is 16.6 Å². The Morgan fingerprint density at radius 3 is 2.64 bits per heavy atom. The Bertz CT molecular complexity index is 1690. The Labute approximate surface area is 258 Å². The van der Waals surface area contributed by atoms with Gasteiger partial charge in [0.05, 0.1) is 23.9 Å². The average Bonchev–Trinajstić information content (AvgIpc) is 3.66. The number of aromatic nitrogens is 1. The van der Waals surface area contributed by atoms with Gasteiger partial charge in [0, 0.05) is 12.0 Å². The summed E-state index contributed by atoms with van der Waals surface area (Å²) in [7, 11) is 0. The van der Waals surface area contributed by atoms with Gasteiger partial charge in [0.25, 0.3) is 5.78 Å². The molecular weight excluding hydrogens is 584 g/mol. The summed E-state index contributed by atoms with van der Waals surface area (Å²) in [5.74, 6) is -1.25. The van der Waals surface area contributed by atoms with Gasteiger partial charge in [-0.1, -0.05) is 42.7 Å². The number of Topliss-reactive ketones (excluding diaryl/α,β-unsaturated/α-hetero) is 1. The summed E-state index contributed by atoms with van der Waals surface area (Å²) in [6.07, 6.45) is 3.66. The summed E-state index contributed by atoms with van der Waals surface area (Å²) < 4.78 is 22.6. The number of ketones is 1. The molecule has 2 aliphatic rings. The summed E-state index contributed by atoms with van der Waals surface area (Å²) in [6.45, 7) is 13.2. The first-order valence-corrected chi connectivity index (χ1v) is 14.9. The monoisotopic (exact) mass is 616 g/mol. The van der Waals surface area contributed by atoms with Crippen molar-refractivity contribution < 1.29 is 38.4 Å². The molecule has 0 radical (unpaired) electrons. The minimum absolute atomic E-state index is 0.00109. The maximum atomic E-state index is 13.7. The Kier molecular flexibility index (Phi) is 8.86. The molecule has 11 heteroatoms. The van der Waals surface area contributed by atoms with Crippen LogP contribution in [-0.2, 0) is 20.7 Å². The van der Waals surface area contributed by atoms with Crippen molar-refractivity contribution in [1.29, 1.82) is 0 Å². The number of carbonyl (C=O) groups is 3. The van der Waals surface area contributed by atoms with Crippen molar-refractivity contribution in [2.24, 2.45) is 0 Å². The minimum atomic E-state index is -1.10. The zero-order chi connectivity index (χ0) is 31.5. The van der Waals surface area contributed by atoms with Crippen LogP contribution in [0.25, 0.3) is 5.76 Å². The lowest BCUT2D eigenvalue weighted by atomic mass is 9.94. The number of carbonyl (C=O) groups excluding carboxylic acids is 3. The highest BCUT2D eigenvalue weighted by molar-refractivity contribution is 7.17. The van der Waals surface area contributed by atoms with Crippen LogP contribution in [0.4, 0.5) is 5.13 Å². The van der Waals surface area contributed by atoms with Crippen LogP contribution in [0.5, 0.6) is 17.2 Å². The molecule has 2 aliphatic heterocycles. The molecule has 0 bridgehead atoms. The van der Waals surface area contributed by atoms with Crippen LogP contribution in [0.2, 0.25) is 0 Å². The molecule has 2 atom stereocenters. The maximum absolute atomic E-state index is 13.7. The van der Waals surface area contributed by atoms with Crippen LogP contribution < -0.4 is 19.1 Å². The number of aryl methyl sites for hydroxylation is 1. The summed E-state index contributed by atoms with van der Waals surface area (Å²) in [6, 6.07) is 9.07. The van der Waals surface area contributed by atoms with E-state index in [0.29, 0.717) is 47.1 Å². The van der Waals surface area contributed by atoms with Gasteiger partial charge in [-0.3, -0.25) is 14.5 Å². The Hall–Kier alpha value is -4.90. The van der Waals surface area contributed by atoms with E-state index in [9.17, 15) is 19.5 Å². The van der Waals surface area contributed by atoms with Crippen molar-refractivity contribution in [2.45, 2.75) is 39.3 Å². The van der Waals surface area contributed by atoms with E-state index in [1.165, 1.54) is 11.0 Å². The lowest BCUT2D eigenvalue weighted by molar-refractivity contribution is -0.132. The van der Waals surface area contributed by atoms with Crippen LogP contribution in [0.3, 0.4) is 0 Å². The molecule has 2 aromatic carbocycles. The third kappa shape index (κ3) is 5.70. The fourth-order valence-electron chi connectivity index (χ4n) is 5.18. The molecule has 0 spiro atoms. The molecule has 1 N–H and O–H groups in total. The zero-order valence-corrected chi connectivity index (χ0v) is 25.4. The summed E-state index contributed by atoms with van der Waals surface area (Å²) in [5.41, 5.74) is 1.91. The van der Waals surface area contributed by atoms with Gasteiger partial charge < -0.3 is 24.1 Å². The molecule has 228 valence electrons. The Morgan fingerprint density at radius 2 is 1.91 bits per heavy atom. The van der Waals surface area contributed by atoms with Crippen molar-refractivity contribution in [1.82, 2.24) is 4.98 Å². The van der Waals surface area contributed by atoms with Crippen molar-refractivity contribution in [3.8, 4) is 17.2 Å². The number of amides is 1. The average molecular weight is 617 g/mol. The van der Waals surface area contributed by atoms with Gasteiger partial charge in [0.2, 0.25) is 0 Å². The molecule has 3 heterocycles. The van der Waals surface area contributed by atoms with Crippen LogP contribution in [0.1, 0.15) is 51.9 Å². The van der Waals surface area contributed by atoms with Crippen molar-refractivity contribution >= 4 is 39.9 Å². The van der Waals surface area contributed by atoms with Crippen LogP contribution in [-0.4, -0.2) is 53.7 Å². The molecule has 1 aromatic heterocycles. The van der Waals surface area contributed by atoms with E-state index >= 15 is 0 Å². The number of esters is 1. The van der Waals surface area contributed by atoms with E-state index in [4.69, 9.17) is 18.9 Å². The lowest BCUT2D eigenvalue weighted by Gasteiger charge is -2.24. The Morgan fingerprint density at radius 1 is 1.14 bits per heavy atom. The second-order valence-corrected chi connectivity index (χ2v) is 11.1. The summed E-state index contributed by atoms with van der Waals surface area (Å²) in [5, 5.41) is 11.8. The smallest absolute Gasteiger partial charge is 0.350 e. The number of thiazole rings is 1. The number of rotatable bonds is 11. The van der Waals surface area contributed by atoms with Crippen LogP contribution in [0, 0.1) is 6.92 Å². The minimum Gasteiger partial charge on any atom is -0.507 e. The number of fused-ring (bicyclic) bond motifs is 1. The molecule has 0 aliphatic carbocycles. The predicted molar refractivity (Wildman–Crippen MR) is 166 cm³/mol. The van der Waals surface area contributed by atoms with E-state index in [0.717, 1.165) is 16.9 Å². The van der Waals surface area contributed by atoms with Gasteiger partial charge in [-0.15, -0.1) is 0 Å². The zero-order valence-electron chi connectivity index (χ0n) is 24.6. The third-order valence-electron chi connectivity index (χ3n) is 7.06. The number of ether oxygens (including phenoxy) is 4. The maximum Gasteiger partial charge on any atom is 0.350 e. The molecule has 1 amide bonds. The van der Waals surface area contributed by atoms with E-state index in [2.05, 4.69) is 18.1 Å². The first-order chi connectivity index (χ1) is 21.2. The normalized spacial score (nSPS) is 18.5. The number of anilines is 1. The van der Waals surface area contributed by atoms with E-state index in [-0.39, 0.29) is 40.7 Å². The number of hydrogen-bond donors (Lipinski definition) is 1. The van der Waals surface area contributed by atoms with E-state index in [1.54, 1.807) is 49.4 Å². The van der Waals surface area contributed by atoms with Crippen molar-refractivity contribution in [3.63, 3.8) is 0 Å². The lowest BCUT2D eigenvalue weighted by Crippen LogP contribution is -2.29. The molecule has 10 nitrogen and oxygen atoms in total. The Balaban J connectivity index is 1.68. The van der Waals surface area contributed by atoms with Gasteiger partial charge in [-0.25, -0.2) is 9.78 Å². The summed E-state index contributed by atoms with van der Waals surface area (Å²) >= 11 is 0.919. The second-order valence-electron chi connectivity index (χ2n) is 10.2. The number of aliphatic hydroxyl groups excluding tert-OH is 1. The number of nitrogens with zero attached hydrogens (tertiary/aromatic N) is 2. The SMILES string of the molecule is C=CCOC(=O)c1sc(N2C(=O)C(=O)C(=C(O)c3ccc4c(c3)C[C@@H](C)O4)[C@H]2c2ccc(OCC=C)c(OCC)c2)nc1C. The fourth-order valence-corrected chi connectivity index (χ4v) is 6.16. The highest BCUT2D eigenvalue weighted by Crippen LogP contribution is 2.46. The van der Waals surface area contributed by atoms with E-state index < -0.39 is 23.7 Å². The quantitative estimate of drug-likeness (QED) is 0.0949. The molecule has 1 fully saturated rings. The third-order valence-corrected chi connectivity index (χ3v) is 8.20. The fraction of sp³-hybridized carbons (Fsp3) is 0.273. The largest absolute Gasteiger partial charge is 0.507 e. The van der Waals surface area contributed by atoms with Crippen LogP contribution >= 0.6 is 11.3 Å². The molecular formula is C33H32N2O8S. The number of aliphatic hydroxyl groups is 1. The van der Waals surface area contributed by atoms with Gasteiger partial charge in [-0.05, 0) is 62.2 Å². The number of benzene rings is 2. The second kappa shape index (κ2) is 12.8. The molecule has 0 unspecified atom stereocenters. The highest BCUT2D eigenvalue weighted by atomic mass is 32.1. The molecule has 3 aromatic rings. The highest BCUT2D eigenvalue weighted by Gasteiger charge is 2.49. The molecule has 5 rings (SSSR count). The van der Waals surface area contributed by atoms with Gasteiger partial charge in [-0.2, -0.15) is 0 Å². The predicted octanol–water partition coefficient (Wildman–Crippen LogP) is 5.71. The molecule has 44 heavy (non-hydrogen) atoms. The van der Waals surface area contributed by atoms with Crippen molar-refractivity contribution in [2.75, 3.05) is 24.7 Å². The first kappa shape index (κ1) is 30.6.